The number of phenols is 1. The van der Waals surface area contributed by atoms with Gasteiger partial charge in [0.05, 0.1) is 5.69 Å². The average Bonchev–Trinajstić information content (AvgIpc) is 2.42. The van der Waals surface area contributed by atoms with Crippen LogP contribution >= 0.6 is 0 Å². The molecule has 0 aliphatic heterocycles. The van der Waals surface area contributed by atoms with Gasteiger partial charge in [0.15, 0.2) is 0 Å². The smallest absolute Gasteiger partial charge is 0.319 e. The second kappa shape index (κ2) is 6.10. The largest absolute Gasteiger partial charge is 0.506 e. The molecule has 4 nitrogen and oxygen atoms in total. The van der Waals surface area contributed by atoms with Crippen LogP contribution in [-0.2, 0) is 6.54 Å². The van der Waals surface area contributed by atoms with Gasteiger partial charge in [-0.05, 0) is 42.7 Å². The van der Waals surface area contributed by atoms with Crippen molar-refractivity contribution in [3.63, 3.8) is 0 Å². The summed E-state index contributed by atoms with van der Waals surface area (Å²) in [4.78, 5) is 11.8. The third-order valence-electron chi connectivity index (χ3n) is 3.10. The first-order valence-corrected chi connectivity index (χ1v) is 6.45. The lowest BCUT2D eigenvalue weighted by atomic mass is 10.1. The highest BCUT2D eigenvalue weighted by atomic mass is 16.3. The van der Waals surface area contributed by atoms with Gasteiger partial charge in [0.1, 0.15) is 5.75 Å². The highest BCUT2D eigenvalue weighted by Gasteiger charge is 2.06. The van der Waals surface area contributed by atoms with Crippen LogP contribution in [0.15, 0.2) is 42.5 Å². The standard InChI is InChI=1S/C16H18N2O2/c1-11-7-8-15(19)14(9-11)18-16(20)17-10-13-6-4-3-5-12(13)2/h3-9,19H,10H2,1-2H3,(H2,17,18,20). The van der Waals surface area contributed by atoms with Gasteiger partial charge in [-0.1, -0.05) is 30.3 Å². The molecule has 0 bridgehead atoms. The predicted octanol–water partition coefficient (Wildman–Crippen LogP) is 3.33. The van der Waals surface area contributed by atoms with E-state index in [-0.39, 0.29) is 11.8 Å². The molecule has 20 heavy (non-hydrogen) atoms. The molecule has 0 fully saturated rings. The van der Waals surface area contributed by atoms with Crippen LogP contribution in [0, 0.1) is 13.8 Å². The molecular formula is C16H18N2O2. The maximum Gasteiger partial charge on any atom is 0.319 e. The van der Waals surface area contributed by atoms with Gasteiger partial charge in [0.25, 0.3) is 0 Å². The number of nitrogens with one attached hydrogen (secondary N) is 2. The fraction of sp³-hybridized carbons (Fsp3) is 0.188. The van der Waals surface area contributed by atoms with Gasteiger partial charge >= 0.3 is 6.03 Å². The van der Waals surface area contributed by atoms with E-state index < -0.39 is 0 Å². The van der Waals surface area contributed by atoms with Crippen molar-refractivity contribution < 1.29 is 9.90 Å². The topological polar surface area (TPSA) is 61.4 Å². The second-order valence-electron chi connectivity index (χ2n) is 4.75. The summed E-state index contributed by atoms with van der Waals surface area (Å²) in [5.41, 5.74) is 3.58. The quantitative estimate of drug-likeness (QED) is 0.749. The molecule has 104 valence electrons. The highest BCUT2D eigenvalue weighted by Crippen LogP contribution is 2.23. The molecule has 0 saturated carbocycles. The first-order chi connectivity index (χ1) is 9.56. The molecule has 0 atom stereocenters. The van der Waals surface area contributed by atoms with Crippen molar-refractivity contribution in [1.29, 1.82) is 0 Å². The first-order valence-electron chi connectivity index (χ1n) is 6.45. The summed E-state index contributed by atoms with van der Waals surface area (Å²) in [6.45, 7) is 4.35. The molecule has 2 aromatic rings. The lowest BCUT2D eigenvalue weighted by Crippen LogP contribution is -2.28. The van der Waals surface area contributed by atoms with Gasteiger partial charge in [0, 0.05) is 6.54 Å². The number of aromatic hydroxyl groups is 1. The number of aryl methyl sites for hydroxylation is 2. The van der Waals surface area contributed by atoms with Crippen molar-refractivity contribution in [3.8, 4) is 5.75 Å². The summed E-state index contributed by atoms with van der Waals surface area (Å²) < 4.78 is 0. The van der Waals surface area contributed by atoms with E-state index in [4.69, 9.17) is 0 Å². The van der Waals surface area contributed by atoms with E-state index in [2.05, 4.69) is 10.6 Å². The van der Waals surface area contributed by atoms with Crippen molar-refractivity contribution in [2.24, 2.45) is 0 Å². The van der Waals surface area contributed by atoms with Crippen molar-refractivity contribution in [1.82, 2.24) is 5.32 Å². The lowest BCUT2D eigenvalue weighted by Gasteiger charge is -2.11. The number of hydrogen-bond acceptors (Lipinski definition) is 2. The Morgan fingerprint density at radius 3 is 2.65 bits per heavy atom. The number of urea groups is 1. The Morgan fingerprint density at radius 2 is 1.90 bits per heavy atom. The predicted molar refractivity (Wildman–Crippen MR) is 79.9 cm³/mol. The third kappa shape index (κ3) is 3.51. The van der Waals surface area contributed by atoms with Gasteiger partial charge in [-0.25, -0.2) is 4.79 Å². The molecule has 3 N–H and O–H groups in total. The van der Waals surface area contributed by atoms with Gasteiger partial charge in [-0.15, -0.1) is 0 Å². The Morgan fingerprint density at radius 1 is 1.15 bits per heavy atom. The van der Waals surface area contributed by atoms with E-state index >= 15 is 0 Å². The molecule has 0 aliphatic carbocycles. The number of carbonyl (C=O) groups excluding carboxylic acids is 1. The molecule has 0 unspecified atom stereocenters. The van der Waals surface area contributed by atoms with Crippen LogP contribution < -0.4 is 10.6 Å². The summed E-state index contributed by atoms with van der Waals surface area (Å²) in [6, 6.07) is 12.6. The Hall–Kier alpha value is -2.49. The molecule has 0 spiro atoms. The average molecular weight is 270 g/mol. The SMILES string of the molecule is Cc1ccc(O)c(NC(=O)NCc2ccccc2C)c1. The summed E-state index contributed by atoms with van der Waals surface area (Å²) in [5.74, 6) is 0.0571. The van der Waals surface area contributed by atoms with Gasteiger partial charge < -0.3 is 15.7 Å². The maximum atomic E-state index is 11.8. The normalized spacial score (nSPS) is 10.1. The minimum absolute atomic E-state index is 0.0571. The second-order valence-corrected chi connectivity index (χ2v) is 4.75. The maximum absolute atomic E-state index is 11.8. The number of anilines is 1. The summed E-state index contributed by atoms with van der Waals surface area (Å²) in [7, 11) is 0. The molecule has 0 radical (unpaired) electrons. The van der Waals surface area contributed by atoms with Gasteiger partial charge in [0.2, 0.25) is 0 Å². The van der Waals surface area contributed by atoms with Crippen LogP contribution in [0.25, 0.3) is 0 Å². The summed E-state index contributed by atoms with van der Waals surface area (Å²) in [6.07, 6.45) is 0. The molecule has 2 rings (SSSR count). The van der Waals surface area contributed by atoms with Crippen LogP contribution in [0.5, 0.6) is 5.75 Å². The number of amides is 2. The number of carbonyl (C=O) groups is 1. The van der Waals surface area contributed by atoms with E-state index in [0.717, 1.165) is 16.7 Å². The Balaban J connectivity index is 1.96. The fourth-order valence-corrected chi connectivity index (χ4v) is 1.90. The number of benzene rings is 2. The lowest BCUT2D eigenvalue weighted by molar-refractivity contribution is 0.251. The molecular weight excluding hydrogens is 252 g/mol. The van der Waals surface area contributed by atoms with Crippen molar-refractivity contribution in [2.75, 3.05) is 5.32 Å². The zero-order valence-corrected chi connectivity index (χ0v) is 11.6. The van der Waals surface area contributed by atoms with Crippen LogP contribution in [0.3, 0.4) is 0 Å². The van der Waals surface area contributed by atoms with Crippen molar-refractivity contribution >= 4 is 11.7 Å². The Bertz CT molecular complexity index is 624. The molecule has 0 saturated heterocycles. The van der Waals surface area contributed by atoms with Crippen LogP contribution in [-0.4, -0.2) is 11.1 Å². The van der Waals surface area contributed by atoms with Crippen molar-refractivity contribution in [2.45, 2.75) is 20.4 Å². The molecule has 2 aromatic carbocycles. The van der Waals surface area contributed by atoms with E-state index in [1.54, 1.807) is 18.2 Å². The van der Waals surface area contributed by atoms with Crippen LogP contribution in [0.2, 0.25) is 0 Å². The van der Waals surface area contributed by atoms with E-state index in [1.807, 2.05) is 38.1 Å². The van der Waals surface area contributed by atoms with Crippen LogP contribution in [0.4, 0.5) is 10.5 Å². The monoisotopic (exact) mass is 270 g/mol. The zero-order valence-electron chi connectivity index (χ0n) is 11.6. The summed E-state index contributed by atoms with van der Waals surface area (Å²) in [5, 5.41) is 15.1. The van der Waals surface area contributed by atoms with Crippen molar-refractivity contribution in [3.05, 3.63) is 59.2 Å². The molecule has 2 amide bonds. The minimum atomic E-state index is -0.339. The molecule has 0 aromatic heterocycles. The van der Waals surface area contributed by atoms with E-state index in [0.29, 0.717) is 12.2 Å². The van der Waals surface area contributed by atoms with Gasteiger partial charge in [-0.3, -0.25) is 0 Å². The minimum Gasteiger partial charge on any atom is -0.506 e. The fourth-order valence-electron chi connectivity index (χ4n) is 1.90. The molecule has 0 heterocycles. The first kappa shape index (κ1) is 13.9. The number of hydrogen-bond donors (Lipinski definition) is 3. The number of rotatable bonds is 3. The summed E-state index contributed by atoms with van der Waals surface area (Å²) >= 11 is 0. The molecule has 4 heteroatoms. The number of phenolic OH excluding ortho intramolecular Hbond substituents is 1. The molecule has 0 aliphatic rings. The Labute approximate surface area is 118 Å². The van der Waals surface area contributed by atoms with Gasteiger partial charge in [-0.2, -0.15) is 0 Å². The Kier molecular flexibility index (Phi) is 4.25. The zero-order chi connectivity index (χ0) is 14.5. The third-order valence-corrected chi connectivity index (χ3v) is 3.10. The van der Waals surface area contributed by atoms with E-state index in [1.165, 1.54) is 0 Å². The van der Waals surface area contributed by atoms with Crippen LogP contribution in [0.1, 0.15) is 16.7 Å². The highest BCUT2D eigenvalue weighted by molar-refractivity contribution is 5.90. The van der Waals surface area contributed by atoms with E-state index in [9.17, 15) is 9.90 Å².